The SMILES string of the molecule is COc1cccc(C(=O)Nc2cc(C)ccc2C)c1O. The van der Waals surface area contributed by atoms with Gasteiger partial charge in [-0.1, -0.05) is 18.2 Å². The molecule has 0 aliphatic rings. The smallest absolute Gasteiger partial charge is 0.259 e. The number of hydrogen-bond acceptors (Lipinski definition) is 3. The molecule has 0 aliphatic heterocycles. The lowest BCUT2D eigenvalue weighted by molar-refractivity contribution is 0.102. The molecule has 0 heterocycles. The number of carbonyl (C=O) groups is 1. The van der Waals surface area contributed by atoms with E-state index < -0.39 is 0 Å². The van der Waals surface area contributed by atoms with Gasteiger partial charge in [0.05, 0.1) is 12.7 Å². The molecule has 104 valence electrons. The van der Waals surface area contributed by atoms with E-state index in [0.717, 1.165) is 16.8 Å². The Kier molecular flexibility index (Phi) is 3.94. The van der Waals surface area contributed by atoms with Gasteiger partial charge in [0.25, 0.3) is 5.91 Å². The lowest BCUT2D eigenvalue weighted by atomic mass is 10.1. The highest BCUT2D eigenvalue weighted by Gasteiger charge is 2.15. The monoisotopic (exact) mass is 271 g/mol. The fraction of sp³-hybridized carbons (Fsp3) is 0.188. The number of para-hydroxylation sites is 1. The summed E-state index contributed by atoms with van der Waals surface area (Å²) < 4.78 is 5.00. The predicted molar refractivity (Wildman–Crippen MR) is 78.5 cm³/mol. The summed E-state index contributed by atoms with van der Waals surface area (Å²) in [6.07, 6.45) is 0. The van der Waals surface area contributed by atoms with Crippen molar-refractivity contribution in [2.45, 2.75) is 13.8 Å². The van der Waals surface area contributed by atoms with Gasteiger partial charge in [-0.3, -0.25) is 4.79 Å². The number of ether oxygens (including phenoxy) is 1. The zero-order valence-electron chi connectivity index (χ0n) is 11.7. The summed E-state index contributed by atoms with van der Waals surface area (Å²) in [7, 11) is 1.45. The summed E-state index contributed by atoms with van der Waals surface area (Å²) in [5, 5.41) is 12.8. The molecule has 2 N–H and O–H groups in total. The van der Waals surface area contributed by atoms with Gasteiger partial charge in [0.1, 0.15) is 0 Å². The average molecular weight is 271 g/mol. The van der Waals surface area contributed by atoms with Crippen molar-refractivity contribution in [3.63, 3.8) is 0 Å². The highest BCUT2D eigenvalue weighted by atomic mass is 16.5. The Morgan fingerprint density at radius 3 is 2.65 bits per heavy atom. The van der Waals surface area contributed by atoms with Crippen molar-refractivity contribution in [3.8, 4) is 11.5 Å². The number of hydrogen-bond donors (Lipinski definition) is 2. The molecule has 1 amide bonds. The van der Waals surface area contributed by atoms with Crippen LogP contribution in [0.5, 0.6) is 11.5 Å². The molecule has 0 atom stereocenters. The molecule has 2 rings (SSSR count). The second kappa shape index (κ2) is 5.65. The molecule has 20 heavy (non-hydrogen) atoms. The summed E-state index contributed by atoms with van der Waals surface area (Å²) in [6, 6.07) is 10.6. The number of methoxy groups -OCH3 is 1. The predicted octanol–water partition coefficient (Wildman–Crippen LogP) is 3.27. The molecule has 0 radical (unpaired) electrons. The van der Waals surface area contributed by atoms with Crippen molar-refractivity contribution in [1.82, 2.24) is 0 Å². The molecule has 0 saturated heterocycles. The normalized spacial score (nSPS) is 10.2. The van der Waals surface area contributed by atoms with E-state index in [1.54, 1.807) is 18.2 Å². The van der Waals surface area contributed by atoms with E-state index in [1.807, 2.05) is 32.0 Å². The number of anilines is 1. The van der Waals surface area contributed by atoms with Crippen LogP contribution in [-0.4, -0.2) is 18.1 Å². The van der Waals surface area contributed by atoms with E-state index in [0.29, 0.717) is 0 Å². The minimum atomic E-state index is -0.366. The molecule has 0 aliphatic carbocycles. The quantitative estimate of drug-likeness (QED) is 0.900. The minimum absolute atomic E-state index is 0.155. The Labute approximate surface area is 118 Å². The third-order valence-corrected chi connectivity index (χ3v) is 3.10. The molecule has 2 aromatic rings. The van der Waals surface area contributed by atoms with Gasteiger partial charge in [-0.2, -0.15) is 0 Å². The molecule has 0 fully saturated rings. The first-order chi connectivity index (χ1) is 9.52. The zero-order chi connectivity index (χ0) is 14.7. The van der Waals surface area contributed by atoms with Crippen LogP contribution in [0.1, 0.15) is 21.5 Å². The Morgan fingerprint density at radius 1 is 1.20 bits per heavy atom. The molecular weight excluding hydrogens is 254 g/mol. The molecular formula is C16H17NO3. The number of amides is 1. The molecule has 0 bridgehead atoms. The first kappa shape index (κ1) is 13.9. The van der Waals surface area contributed by atoms with Crippen LogP contribution in [0.3, 0.4) is 0 Å². The zero-order valence-corrected chi connectivity index (χ0v) is 11.7. The maximum Gasteiger partial charge on any atom is 0.259 e. The van der Waals surface area contributed by atoms with Crippen molar-refractivity contribution < 1.29 is 14.6 Å². The fourth-order valence-electron chi connectivity index (χ4n) is 1.93. The molecule has 0 saturated carbocycles. The third kappa shape index (κ3) is 2.74. The largest absolute Gasteiger partial charge is 0.504 e. The average Bonchev–Trinajstić information content (AvgIpc) is 2.43. The maximum absolute atomic E-state index is 12.2. The number of aryl methyl sites for hydroxylation is 2. The first-order valence-electron chi connectivity index (χ1n) is 6.27. The van der Waals surface area contributed by atoms with Crippen LogP contribution < -0.4 is 10.1 Å². The molecule has 4 nitrogen and oxygen atoms in total. The van der Waals surface area contributed by atoms with Gasteiger partial charge in [-0.25, -0.2) is 0 Å². The van der Waals surface area contributed by atoms with Gasteiger partial charge < -0.3 is 15.2 Å². The topological polar surface area (TPSA) is 58.6 Å². The van der Waals surface area contributed by atoms with E-state index in [-0.39, 0.29) is 23.0 Å². The van der Waals surface area contributed by atoms with Crippen LogP contribution in [0.25, 0.3) is 0 Å². The summed E-state index contributed by atoms with van der Waals surface area (Å²) in [6.45, 7) is 3.87. The van der Waals surface area contributed by atoms with E-state index in [1.165, 1.54) is 7.11 Å². The van der Waals surface area contributed by atoms with Gasteiger partial charge >= 0.3 is 0 Å². The second-order valence-corrected chi connectivity index (χ2v) is 4.63. The van der Waals surface area contributed by atoms with Crippen LogP contribution in [-0.2, 0) is 0 Å². The van der Waals surface area contributed by atoms with Gasteiger partial charge in [-0.15, -0.1) is 0 Å². The number of benzene rings is 2. The van der Waals surface area contributed by atoms with E-state index in [9.17, 15) is 9.90 Å². The molecule has 0 spiro atoms. The Bertz CT molecular complexity index is 650. The van der Waals surface area contributed by atoms with Crippen molar-refractivity contribution in [3.05, 3.63) is 53.1 Å². The van der Waals surface area contributed by atoms with Gasteiger partial charge in [0, 0.05) is 5.69 Å². The minimum Gasteiger partial charge on any atom is -0.504 e. The van der Waals surface area contributed by atoms with Crippen molar-refractivity contribution in [1.29, 1.82) is 0 Å². The Morgan fingerprint density at radius 2 is 1.95 bits per heavy atom. The highest BCUT2D eigenvalue weighted by Crippen LogP contribution is 2.30. The Hall–Kier alpha value is -2.49. The molecule has 0 unspecified atom stereocenters. The number of aromatic hydroxyl groups is 1. The van der Waals surface area contributed by atoms with Gasteiger partial charge in [0.15, 0.2) is 11.5 Å². The number of phenols is 1. The standard InChI is InChI=1S/C16H17NO3/c1-10-7-8-11(2)13(9-10)17-16(19)12-5-4-6-14(20-3)15(12)18/h4-9,18H,1-3H3,(H,17,19). The molecule has 0 aromatic heterocycles. The van der Waals surface area contributed by atoms with Crippen LogP contribution in [0.2, 0.25) is 0 Å². The fourth-order valence-corrected chi connectivity index (χ4v) is 1.93. The summed E-state index contributed by atoms with van der Waals surface area (Å²) in [5.74, 6) is -0.244. The molecule has 2 aromatic carbocycles. The summed E-state index contributed by atoms with van der Waals surface area (Å²) in [5.41, 5.74) is 2.94. The lowest BCUT2D eigenvalue weighted by Gasteiger charge is -2.11. The maximum atomic E-state index is 12.2. The lowest BCUT2D eigenvalue weighted by Crippen LogP contribution is -2.13. The Balaban J connectivity index is 2.31. The number of rotatable bonds is 3. The summed E-state index contributed by atoms with van der Waals surface area (Å²) in [4.78, 5) is 12.2. The van der Waals surface area contributed by atoms with Crippen LogP contribution >= 0.6 is 0 Å². The van der Waals surface area contributed by atoms with E-state index in [2.05, 4.69) is 5.32 Å². The second-order valence-electron chi connectivity index (χ2n) is 4.63. The number of nitrogens with one attached hydrogen (secondary N) is 1. The summed E-state index contributed by atoms with van der Waals surface area (Å²) >= 11 is 0. The highest BCUT2D eigenvalue weighted by molar-refractivity contribution is 6.07. The first-order valence-corrected chi connectivity index (χ1v) is 6.27. The van der Waals surface area contributed by atoms with Crippen LogP contribution in [0, 0.1) is 13.8 Å². The van der Waals surface area contributed by atoms with Crippen LogP contribution in [0.15, 0.2) is 36.4 Å². The third-order valence-electron chi connectivity index (χ3n) is 3.10. The van der Waals surface area contributed by atoms with E-state index in [4.69, 9.17) is 4.74 Å². The van der Waals surface area contributed by atoms with Crippen molar-refractivity contribution in [2.24, 2.45) is 0 Å². The van der Waals surface area contributed by atoms with Gasteiger partial charge in [-0.05, 0) is 43.2 Å². The van der Waals surface area contributed by atoms with Crippen molar-refractivity contribution >= 4 is 11.6 Å². The van der Waals surface area contributed by atoms with Crippen molar-refractivity contribution in [2.75, 3.05) is 12.4 Å². The number of carbonyl (C=O) groups excluding carboxylic acids is 1. The van der Waals surface area contributed by atoms with Gasteiger partial charge in [0.2, 0.25) is 0 Å². The van der Waals surface area contributed by atoms with E-state index >= 15 is 0 Å². The van der Waals surface area contributed by atoms with Crippen LogP contribution in [0.4, 0.5) is 5.69 Å². The molecule has 4 heteroatoms. The number of phenolic OH excluding ortho intramolecular Hbond substituents is 1.